The van der Waals surface area contributed by atoms with Crippen molar-refractivity contribution < 1.29 is 0 Å². The fourth-order valence-corrected chi connectivity index (χ4v) is 3.19. The molecule has 0 atom stereocenters. The van der Waals surface area contributed by atoms with Gasteiger partial charge in [-0.05, 0) is 31.2 Å². The Kier molecular flexibility index (Phi) is 2.32. The van der Waals surface area contributed by atoms with Crippen molar-refractivity contribution in [2.45, 2.75) is 38.1 Å². The van der Waals surface area contributed by atoms with E-state index in [0.29, 0.717) is 0 Å². The molecule has 16 heavy (non-hydrogen) atoms. The molecule has 0 aromatic carbocycles. The quantitative estimate of drug-likeness (QED) is 0.863. The number of thiophene rings is 1. The molecule has 0 spiro atoms. The zero-order chi connectivity index (χ0) is 11.0. The molecule has 84 valence electrons. The lowest BCUT2D eigenvalue weighted by molar-refractivity contribution is 0.531. The minimum Gasteiger partial charge on any atom is -0.364 e. The molecule has 1 aliphatic rings. The van der Waals surface area contributed by atoms with E-state index in [1.54, 1.807) is 17.7 Å². The number of anilines is 1. The Bertz CT molecular complexity index is 500. The second-order valence-corrected chi connectivity index (χ2v) is 5.65. The fraction of sp³-hybridized carbons (Fsp3) is 0.500. The van der Waals surface area contributed by atoms with Gasteiger partial charge in [-0.25, -0.2) is 9.97 Å². The molecule has 0 unspecified atom stereocenters. The number of rotatable bonds is 2. The van der Waals surface area contributed by atoms with Crippen LogP contribution in [0, 0.1) is 0 Å². The van der Waals surface area contributed by atoms with Crippen LogP contribution in [-0.2, 0) is 0 Å². The third-order valence-corrected chi connectivity index (χ3v) is 4.21. The summed E-state index contributed by atoms with van der Waals surface area (Å²) in [6.07, 6.45) is 6.77. The summed E-state index contributed by atoms with van der Waals surface area (Å²) in [6, 6.07) is 2.10. The molecule has 0 aliphatic heterocycles. The summed E-state index contributed by atoms with van der Waals surface area (Å²) in [5.74, 6) is 0.996. The van der Waals surface area contributed by atoms with Crippen LogP contribution in [0.3, 0.4) is 0 Å². The van der Waals surface area contributed by atoms with Gasteiger partial charge in [0.25, 0.3) is 0 Å². The number of hydrogen-bond acceptors (Lipinski definition) is 4. The third kappa shape index (κ3) is 1.67. The molecule has 2 aromatic heterocycles. The summed E-state index contributed by atoms with van der Waals surface area (Å²) in [5.41, 5.74) is 0.225. The molecule has 3 rings (SSSR count). The summed E-state index contributed by atoms with van der Waals surface area (Å²) in [5, 5.41) is 6.83. The van der Waals surface area contributed by atoms with Gasteiger partial charge in [0.15, 0.2) is 0 Å². The highest BCUT2D eigenvalue weighted by Crippen LogP contribution is 2.34. The first kappa shape index (κ1) is 10.0. The van der Waals surface area contributed by atoms with Crippen molar-refractivity contribution in [2.24, 2.45) is 0 Å². The van der Waals surface area contributed by atoms with Crippen molar-refractivity contribution in [3.8, 4) is 0 Å². The molecule has 4 heteroatoms. The summed E-state index contributed by atoms with van der Waals surface area (Å²) in [7, 11) is 0. The van der Waals surface area contributed by atoms with Crippen LogP contribution in [-0.4, -0.2) is 15.5 Å². The first-order valence-corrected chi connectivity index (χ1v) is 6.61. The first-order valence-electron chi connectivity index (χ1n) is 5.73. The molecule has 1 N–H and O–H groups in total. The van der Waals surface area contributed by atoms with Crippen molar-refractivity contribution in [1.29, 1.82) is 0 Å². The summed E-state index contributed by atoms with van der Waals surface area (Å²) < 4.78 is 0. The van der Waals surface area contributed by atoms with E-state index in [1.807, 2.05) is 0 Å². The van der Waals surface area contributed by atoms with Gasteiger partial charge in [-0.1, -0.05) is 12.8 Å². The topological polar surface area (TPSA) is 37.8 Å². The van der Waals surface area contributed by atoms with Gasteiger partial charge in [0.2, 0.25) is 0 Å². The van der Waals surface area contributed by atoms with E-state index < -0.39 is 0 Å². The smallest absolute Gasteiger partial charge is 0.138 e. The average Bonchev–Trinajstić information content (AvgIpc) is 2.87. The van der Waals surface area contributed by atoms with Crippen molar-refractivity contribution in [3.63, 3.8) is 0 Å². The summed E-state index contributed by atoms with van der Waals surface area (Å²) >= 11 is 1.67. The van der Waals surface area contributed by atoms with Crippen LogP contribution < -0.4 is 5.32 Å². The molecule has 2 heterocycles. The predicted octanol–water partition coefficient (Wildman–Crippen LogP) is 3.44. The van der Waals surface area contributed by atoms with Gasteiger partial charge in [0.1, 0.15) is 17.0 Å². The third-order valence-electron chi connectivity index (χ3n) is 3.39. The largest absolute Gasteiger partial charge is 0.364 e. The molecule has 1 fully saturated rings. The Morgan fingerprint density at radius 2 is 2.12 bits per heavy atom. The van der Waals surface area contributed by atoms with Crippen molar-refractivity contribution in [2.75, 3.05) is 5.32 Å². The van der Waals surface area contributed by atoms with Crippen LogP contribution in [0.25, 0.3) is 10.2 Å². The molecule has 1 aliphatic carbocycles. The lowest BCUT2D eigenvalue weighted by atomic mass is 10.0. The van der Waals surface area contributed by atoms with Gasteiger partial charge in [-0.15, -0.1) is 11.3 Å². The Balaban J connectivity index is 1.96. The molecule has 0 amide bonds. The Hall–Kier alpha value is -1.16. The fourth-order valence-electron chi connectivity index (χ4n) is 2.46. The van der Waals surface area contributed by atoms with Crippen LogP contribution in [0.1, 0.15) is 32.6 Å². The molecule has 0 saturated heterocycles. The highest BCUT2D eigenvalue weighted by Gasteiger charge is 2.29. The number of hydrogen-bond donors (Lipinski definition) is 1. The van der Waals surface area contributed by atoms with Crippen LogP contribution in [0.2, 0.25) is 0 Å². The van der Waals surface area contributed by atoms with Crippen molar-refractivity contribution in [3.05, 3.63) is 17.8 Å². The highest BCUT2D eigenvalue weighted by atomic mass is 32.1. The Morgan fingerprint density at radius 3 is 2.94 bits per heavy atom. The van der Waals surface area contributed by atoms with Crippen LogP contribution in [0.5, 0.6) is 0 Å². The normalized spacial score (nSPS) is 19.1. The van der Waals surface area contributed by atoms with E-state index in [2.05, 4.69) is 33.7 Å². The highest BCUT2D eigenvalue weighted by molar-refractivity contribution is 7.16. The van der Waals surface area contributed by atoms with Crippen LogP contribution >= 0.6 is 11.3 Å². The minimum absolute atomic E-state index is 0.225. The van der Waals surface area contributed by atoms with Gasteiger partial charge in [0, 0.05) is 5.54 Å². The second-order valence-electron chi connectivity index (χ2n) is 4.75. The van der Waals surface area contributed by atoms with Crippen LogP contribution in [0.15, 0.2) is 17.8 Å². The number of nitrogens with zero attached hydrogens (tertiary/aromatic N) is 2. The molecule has 1 saturated carbocycles. The second kappa shape index (κ2) is 3.70. The Morgan fingerprint density at radius 1 is 1.31 bits per heavy atom. The molecule has 0 radical (unpaired) electrons. The van der Waals surface area contributed by atoms with E-state index in [9.17, 15) is 0 Å². The predicted molar refractivity (Wildman–Crippen MR) is 67.9 cm³/mol. The maximum absolute atomic E-state index is 4.37. The molecule has 0 bridgehead atoms. The van der Waals surface area contributed by atoms with Gasteiger partial charge < -0.3 is 5.32 Å². The molecule has 2 aromatic rings. The van der Waals surface area contributed by atoms with E-state index >= 15 is 0 Å². The summed E-state index contributed by atoms with van der Waals surface area (Å²) in [6.45, 7) is 2.29. The average molecular weight is 233 g/mol. The van der Waals surface area contributed by atoms with Gasteiger partial charge >= 0.3 is 0 Å². The summed E-state index contributed by atoms with van der Waals surface area (Å²) in [4.78, 5) is 9.71. The zero-order valence-electron chi connectivity index (χ0n) is 9.36. The zero-order valence-corrected chi connectivity index (χ0v) is 10.2. The van der Waals surface area contributed by atoms with Gasteiger partial charge in [-0.3, -0.25) is 0 Å². The van der Waals surface area contributed by atoms with Crippen molar-refractivity contribution >= 4 is 27.4 Å². The number of aromatic nitrogens is 2. The van der Waals surface area contributed by atoms with Crippen LogP contribution in [0.4, 0.5) is 5.82 Å². The lowest BCUT2D eigenvalue weighted by Gasteiger charge is -2.26. The SMILES string of the molecule is CC1(Nc2ncnc3sccc23)CCCC1. The molecular weight excluding hydrogens is 218 g/mol. The Labute approximate surface area is 98.9 Å². The standard InChI is InChI=1S/C12H15N3S/c1-12(5-2-3-6-12)15-10-9-4-7-16-11(9)14-8-13-10/h4,7-8H,2-3,5-6H2,1H3,(H,13,14,15). The minimum atomic E-state index is 0.225. The number of fused-ring (bicyclic) bond motifs is 1. The first-order chi connectivity index (χ1) is 7.77. The number of nitrogens with one attached hydrogen (secondary N) is 1. The van der Waals surface area contributed by atoms with E-state index in [4.69, 9.17) is 0 Å². The molecule has 3 nitrogen and oxygen atoms in total. The molecular formula is C12H15N3S. The monoisotopic (exact) mass is 233 g/mol. The van der Waals surface area contributed by atoms with Gasteiger partial charge in [0.05, 0.1) is 5.39 Å². The van der Waals surface area contributed by atoms with E-state index in [0.717, 1.165) is 16.0 Å². The van der Waals surface area contributed by atoms with E-state index in [-0.39, 0.29) is 5.54 Å². The lowest BCUT2D eigenvalue weighted by Crippen LogP contribution is -2.31. The van der Waals surface area contributed by atoms with Gasteiger partial charge in [-0.2, -0.15) is 0 Å². The van der Waals surface area contributed by atoms with E-state index in [1.165, 1.54) is 25.7 Å². The maximum atomic E-state index is 4.37. The van der Waals surface area contributed by atoms with Crippen molar-refractivity contribution in [1.82, 2.24) is 9.97 Å². The maximum Gasteiger partial charge on any atom is 0.138 e.